The first-order valence-corrected chi connectivity index (χ1v) is 8.00. The van der Waals surface area contributed by atoms with Crippen LogP contribution in [0.1, 0.15) is 34.1 Å². The van der Waals surface area contributed by atoms with Crippen molar-refractivity contribution in [1.29, 1.82) is 0 Å². The van der Waals surface area contributed by atoms with Crippen molar-refractivity contribution < 1.29 is 28.0 Å². The second-order valence-corrected chi connectivity index (χ2v) is 5.73. The van der Waals surface area contributed by atoms with Crippen molar-refractivity contribution in [3.8, 4) is 0 Å². The minimum absolute atomic E-state index is 0.0282. The first-order chi connectivity index (χ1) is 9.81. The Balaban J connectivity index is 4.85. The summed E-state index contributed by atoms with van der Waals surface area (Å²) >= 11 is 1.26. The van der Waals surface area contributed by atoms with Crippen LogP contribution >= 0.6 is 12.0 Å². The van der Waals surface area contributed by atoms with Crippen molar-refractivity contribution in [2.24, 2.45) is 5.41 Å². The summed E-state index contributed by atoms with van der Waals surface area (Å²) in [6.07, 6.45) is 2.41. The highest BCUT2D eigenvalue weighted by molar-refractivity contribution is 7.93. The Labute approximate surface area is 131 Å². The van der Waals surface area contributed by atoms with Gasteiger partial charge in [-0.05, 0) is 32.3 Å². The molecule has 7 heteroatoms. The fraction of sp³-hybridized carbons (Fsp3) is 0.857. The van der Waals surface area contributed by atoms with Gasteiger partial charge in [0, 0.05) is 20.1 Å². The number of hydrogen-bond acceptors (Lipinski definition) is 7. The maximum atomic E-state index is 11.1. The molecule has 0 radical (unpaired) electrons. The normalized spacial score (nSPS) is 11.5. The summed E-state index contributed by atoms with van der Waals surface area (Å²) in [5.74, 6) is -0.755. The average molecular weight is 322 g/mol. The van der Waals surface area contributed by atoms with Crippen molar-refractivity contribution in [3.05, 3.63) is 0 Å². The first-order valence-electron chi connectivity index (χ1n) is 6.85. The van der Waals surface area contributed by atoms with Crippen LogP contribution in [-0.4, -0.2) is 50.7 Å². The molecule has 0 aromatic heterocycles. The van der Waals surface area contributed by atoms with E-state index in [2.05, 4.69) is 0 Å². The number of rotatable bonds is 11. The van der Waals surface area contributed by atoms with Crippen LogP contribution in [0.25, 0.3) is 0 Å². The van der Waals surface area contributed by atoms with Gasteiger partial charge in [0.2, 0.25) is 0 Å². The zero-order chi connectivity index (χ0) is 16.3. The predicted octanol–water partition coefficient (Wildman–Crippen LogP) is 2.21. The molecule has 0 aliphatic rings. The van der Waals surface area contributed by atoms with Gasteiger partial charge >= 0.3 is 11.9 Å². The molecular formula is C14H26O6S. The van der Waals surface area contributed by atoms with E-state index in [0.29, 0.717) is 19.6 Å². The van der Waals surface area contributed by atoms with Crippen LogP contribution in [0.15, 0.2) is 0 Å². The van der Waals surface area contributed by atoms with Gasteiger partial charge in [0.25, 0.3) is 0 Å². The van der Waals surface area contributed by atoms with Crippen molar-refractivity contribution in [3.63, 3.8) is 0 Å². The van der Waals surface area contributed by atoms with E-state index in [0.717, 1.165) is 0 Å². The summed E-state index contributed by atoms with van der Waals surface area (Å²) in [5.41, 5.74) is -0.600. The molecule has 21 heavy (non-hydrogen) atoms. The molecule has 0 bridgehead atoms. The molecule has 0 spiro atoms. The van der Waals surface area contributed by atoms with Gasteiger partial charge in [-0.2, -0.15) is 0 Å². The molecule has 0 heterocycles. The summed E-state index contributed by atoms with van der Waals surface area (Å²) in [6.45, 7) is 7.55. The summed E-state index contributed by atoms with van der Waals surface area (Å²) in [7, 11) is 0. The number of esters is 2. The standard InChI is InChI=1S/C14H26O6S/c1-11(2)17-8-14(6-7-20-21-5,9-18-12(3)15)10-19-13(4)16/h11H,6-10H2,1-5H3. The summed E-state index contributed by atoms with van der Waals surface area (Å²) in [6, 6.07) is 0. The molecule has 0 saturated heterocycles. The van der Waals surface area contributed by atoms with Gasteiger partial charge in [0.15, 0.2) is 0 Å². The lowest BCUT2D eigenvalue weighted by molar-refractivity contribution is -0.157. The van der Waals surface area contributed by atoms with Gasteiger partial charge in [-0.25, -0.2) is 0 Å². The van der Waals surface area contributed by atoms with E-state index < -0.39 is 5.41 Å². The molecule has 6 nitrogen and oxygen atoms in total. The molecule has 0 fully saturated rings. The lowest BCUT2D eigenvalue weighted by Crippen LogP contribution is -2.40. The van der Waals surface area contributed by atoms with Gasteiger partial charge in [0.1, 0.15) is 13.2 Å². The smallest absolute Gasteiger partial charge is 0.302 e. The van der Waals surface area contributed by atoms with Crippen molar-refractivity contribution in [2.45, 2.75) is 40.2 Å². The van der Waals surface area contributed by atoms with Crippen LogP contribution in [0.5, 0.6) is 0 Å². The van der Waals surface area contributed by atoms with Crippen LogP contribution < -0.4 is 0 Å². The number of carbonyl (C=O) groups excluding carboxylic acids is 2. The number of hydrogen-bond donors (Lipinski definition) is 0. The molecule has 0 atom stereocenters. The Morgan fingerprint density at radius 1 is 1.05 bits per heavy atom. The van der Waals surface area contributed by atoms with Crippen molar-refractivity contribution >= 4 is 24.0 Å². The van der Waals surface area contributed by atoms with E-state index in [-0.39, 0.29) is 31.3 Å². The molecule has 0 N–H and O–H groups in total. The van der Waals surface area contributed by atoms with E-state index in [1.807, 2.05) is 20.1 Å². The fourth-order valence-corrected chi connectivity index (χ4v) is 1.79. The Bertz CT molecular complexity index is 301. The molecule has 0 amide bonds. The highest BCUT2D eigenvalue weighted by Crippen LogP contribution is 2.26. The van der Waals surface area contributed by atoms with Gasteiger partial charge in [-0.3, -0.25) is 9.59 Å². The van der Waals surface area contributed by atoms with E-state index >= 15 is 0 Å². The maximum absolute atomic E-state index is 11.1. The van der Waals surface area contributed by atoms with Crippen LogP contribution in [0.3, 0.4) is 0 Å². The summed E-state index contributed by atoms with van der Waals surface area (Å²) in [4.78, 5) is 22.2. The average Bonchev–Trinajstić information content (AvgIpc) is 2.40. The molecular weight excluding hydrogens is 296 g/mol. The van der Waals surface area contributed by atoms with Gasteiger partial charge in [-0.15, -0.1) is 0 Å². The molecule has 0 saturated carbocycles. The topological polar surface area (TPSA) is 71.1 Å². The lowest BCUT2D eigenvalue weighted by Gasteiger charge is -2.32. The van der Waals surface area contributed by atoms with Crippen LogP contribution in [0.2, 0.25) is 0 Å². The predicted molar refractivity (Wildman–Crippen MR) is 80.9 cm³/mol. The molecule has 124 valence electrons. The SMILES string of the molecule is CSOCCC(COC(C)=O)(COC(C)=O)COC(C)C. The first kappa shape index (κ1) is 20.2. The van der Waals surface area contributed by atoms with Gasteiger partial charge < -0.3 is 18.4 Å². The fourth-order valence-electron chi connectivity index (χ4n) is 1.54. The highest BCUT2D eigenvalue weighted by Gasteiger charge is 2.34. The molecule has 0 aromatic rings. The van der Waals surface area contributed by atoms with Crippen molar-refractivity contribution in [1.82, 2.24) is 0 Å². The van der Waals surface area contributed by atoms with E-state index in [4.69, 9.17) is 18.4 Å². The third-order valence-corrected chi connectivity index (χ3v) is 3.12. The van der Waals surface area contributed by atoms with Gasteiger partial charge in [-0.1, -0.05) is 0 Å². The van der Waals surface area contributed by atoms with Crippen LogP contribution in [0, 0.1) is 5.41 Å². The largest absolute Gasteiger partial charge is 0.465 e. The molecule has 0 unspecified atom stereocenters. The molecule has 0 aliphatic heterocycles. The molecule has 0 rings (SSSR count). The second kappa shape index (κ2) is 10.9. The maximum Gasteiger partial charge on any atom is 0.302 e. The Hall–Kier alpha value is -0.790. The zero-order valence-corrected chi connectivity index (χ0v) is 14.3. The molecule has 0 aliphatic carbocycles. The van der Waals surface area contributed by atoms with Gasteiger partial charge in [0.05, 0.1) is 24.7 Å². The summed E-state index contributed by atoms with van der Waals surface area (Å²) in [5, 5.41) is 0. The summed E-state index contributed by atoms with van der Waals surface area (Å²) < 4.78 is 21.2. The Morgan fingerprint density at radius 3 is 1.95 bits per heavy atom. The van der Waals surface area contributed by atoms with E-state index in [1.165, 1.54) is 25.9 Å². The Kier molecular flexibility index (Phi) is 10.5. The third kappa shape index (κ3) is 10.6. The monoisotopic (exact) mass is 322 g/mol. The van der Waals surface area contributed by atoms with E-state index in [9.17, 15) is 9.59 Å². The number of carbonyl (C=O) groups is 2. The number of ether oxygens (including phenoxy) is 3. The lowest BCUT2D eigenvalue weighted by atomic mass is 9.87. The molecule has 0 aromatic carbocycles. The third-order valence-electron chi connectivity index (χ3n) is 2.72. The van der Waals surface area contributed by atoms with E-state index in [1.54, 1.807) is 0 Å². The zero-order valence-electron chi connectivity index (χ0n) is 13.5. The highest BCUT2D eigenvalue weighted by atomic mass is 32.2. The minimum Gasteiger partial charge on any atom is -0.465 e. The van der Waals surface area contributed by atoms with Crippen LogP contribution in [-0.2, 0) is 28.0 Å². The van der Waals surface area contributed by atoms with Crippen LogP contribution in [0.4, 0.5) is 0 Å². The van der Waals surface area contributed by atoms with Crippen molar-refractivity contribution in [2.75, 3.05) is 32.7 Å². The Morgan fingerprint density at radius 2 is 1.57 bits per heavy atom. The quantitative estimate of drug-likeness (QED) is 0.328. The second-order valence-electron chi connectivity index (χ2n) is 5.16. The minimum atomic E-state index is -0.600.